The van der Waals surface area contributed by atoms with E-state index in [4.69, 9.17) is 15.2 Å². The number of carbonyl (C=O) groups is 2. The summed E-state index contributed by atoms with van der Waals surface area (Å²) in [7, 11) is 0. The number of anilines is 2. The van der Waals surface area contributed by atoms with Gasteiger partial charge in [0.25, 0.3) is 5.91 Å². The third-order valence-electron chi connectivity index (χ3n) is 8.75. The largest absolute Gasteiger partial charge is 0.491 e. The number of rotatable bonds is 19. The normalized spacial score (nSPS) is 16.2. The molecule has 3 aromatic carbocycles. The second-order valence-electron chi connectivity index (χ2n) is 12.2. The maximum Gasteiger partial charge on any atom is 0.336 e. The summed E-state index contributed by atoms with van der Waals surface area (Å²) in [5, 5.41) is 16.0. The minimum absolute atomic E-state index is 0.0590. The lowest BCUT2D eigenvalue weighted by atomic mass is 9.83. The molecule has 1 fully saturated rings. The number of benzene rings is 3. The molecule has 0 aliphatic carbocycles. The molecule has 1 amide bonds. The monoisotopic (exact) mass is 629 g/mol. The van der Waals surface area contributed by atoms with Crippen LogP contribution in [-0.2, 0) is 10.3 Å². The zero-order valence-corrected chi connectivity index (χ0v) is 27.3. The van der Waals surface area contributed by atoms with Gasteiger partial charge in [-0.15, -0.1) is 0 Å². The number of hydrogen-bond acceptors (Lipinski definition) is 6. The second kappa shape index (κ2) is 18.3. The molecule has 46 heavy (non-hydrogen) atoms. The molecule has 0 aromatic heterocycles. The van der Waals surface area contributed by atoms with Crippen LogP contribution < -0.4 is 21.1 Å². The van der Waals surface area contributed by atoms with Crippen LogP contribution in [0.2, 0.25) is 0 Å². The van der Waals surface area contributed by atoms with E-state index in [-0.39, 0.29) is 11.1 Å². The number of morpholine rings is 1. The standard InChI is InChI=1S/C38H51N3O5/c1-2-3-4-5-6-7-8-9-10-11-12-17-25-45-35-27-29(22-23-33(35)39)38(28-40-24-26-46-38)32-20-15-16-21-34(32)41-36(42)30-18-13-14-19-31(30)37(43)44/h13-16,18-23,27,40H,2-12,17,24-26,28,39H2,1H3,(H,41,42)(H,43,44). The smallest absolute Gasteiger partial charge is 0.336 e. The summed E-state index contributed by atoms with van der Waals surface area (Å²) in [5.41, 5.74) is 8.15. The molecule has 1 aliphatic rings. The lowest BCUT2D eigenvalue weighted by Gasteiger charge is -2.40. The molecule has 3 aromatic rings. The summed E-state index contributed by atoms with van der Waals surface area (Å²) in [4.78, 5) is 25.1. The molecule has 1 aliphatic heterocycles. The summed E-state index contributed by atoms with van der Waals surface area (Å²) < 4.78 is 12.7. The Bertz CT molecular complexity index is 1400. The number of hydrogen-bond donors (Lipinski definition) is 4. The van der Waals surface area contributed by atoms with Crippen molar-refractivity contribution in [2.75, 3.05) is 37.4 Å². The Kier molecular flexibility index (Phi) is 13.9. The molecule has 1 heterocycles. The summed E-state index contributed by atoms with van der Waals surface area (Å²) in [6, 6.07) is 19.4. The van der Waals surface area contributed by atoms with Gasteiger partial charge in [0, 0.05) is 24.3 Å². The molecule has 0 saturated carbocycles. The van der Waals surface area contributed by atoms with E-state index in [2.05, 4.69) is 17.6 Å². The molecule has 1 saturated heterocycles. The fourth-order valence-electron chi connectivity index (χ4n) is 6.16. The van der Waals surface area contributed by atoms with Gasteiger partial charge in [-0.05, 0) is 42.3 Å². The molecular formula is C38H51N3O5. The van der Waals surface area contributed by atoms with Crippen LogP contribution in [0, 0.1) is 0 Å². The van der Waals surface area contributed by atoms with Crippen molar-refractivity contribution in [1.29, 1.82) is 0 Å². The van der Waals surface area contributed by atoms with Crippen LogP contribution in [0.5, 0.6) is 5.75 Å². The Morgan fingerprint density at radius 1 is 0.870 bits per heavy atom. The first kappa shape index (κ1) is 35.0. The molecular weight excluding hydrogens is 578 g/mol. The van der Waals surface area contributed by atoms with E-state index in [1.165, 1.54) is 76.3 Å². The van der Waals surface area contributed by atoms with Crippen molar-refractivity contribution >= 4 is 23.3 Å². The summed E-state index contributed by atoms with van der Waals surface area (Å²) in [6.07, 6.45) is 15.4. The number of unbranched alkanes of at least 4 members (excludes halogenated alkanes) is 11. The molecule has 0 bridgehead atoms. The van der Waals surface area contributed by atoms with E-state index in [0.717, 1.165) is 24.0 Å². The van der Waals surface area contributed by atoms with Crippen molar-refractivity contribution in [3.8, 4) is 5.75 Å². The number of carbonyl (C=O) groups excluding carboxylic acids is 1. The van der Waals surface area contributed by atoms with E-state index in [1.54, 1.807) is 18.2 Å². The molecule has 8 nitrogen and oxygen atoms in total. The maximum atomic E-state index is 13.3. The number of ether oxygens (including phenoxy) is 2. The van der Waals surface area contributed by atoms with Gasteiger partial charge in [0.2, 0.25) is 0 Å². The molecule has 0 spiro atoms. The lowest BCUT2D eigenvalue weighted by molar-refractivity contribution is -0.0400. The Hall–Kier alpha value is -3.88. The van der Waals surface area contributed by atoms with Crippen molar-refractivity contribution in [2.45, 2.75) is 89.6 Å². The van der Waals surface area contributed by atoms with Crippen LogP contribution >= 0.6 is 0 Å². The first-order chi connectivity index (χ1) is 22.5. The average Bonchev–Trinajstić information content (AvgIpc) is 3.08. The molecule has 1 atom stereocenters. The van der Waals surface area contributed by atoms with Gasteiger partial charge in [0.05, 0.1) is 30.0 Å². The number of nitrogen functional groups attached to an aromatic ring is 1. The number of para-hydroxylation sites is 1. The quantitative estimate of drug-likeness (QED) is 0.0779. The first-order valence-corrected chi connectivity index (χ1v) is 17.1. The van der Waals surface area contributed by atoms with Gasteiger partial charge in [0.1, 0.15) is 11.4 Å². The number of aromatic carboxylic acids is 1. The van der Waals surface area contributed by atoms with Crippen molar-refractivity contribution in [1.82, 2.24) is 5.32 Å². The highest BCUT2D eigenvalue weighted by atomic mass is 16.5. The molecule has 4 rings (SSSR count). The number of amides is 1. The first-order valence-electron chi connectivity index (χ1n) is 17.1. The predicted octanol–water partition coefficient (Wildman–Crippen LogP) is 8.16. The fraction of sp³-hybridized carbons (Fsp3) is 0.474. The third kappa shape index (κ3) is 9.56. The topological polar surface area (TPSA) is 123 Å². The summed E-state index contributed by atoms with van der Waals surface area (Å²) >= 11 is 0. The van der Waals surface area contributed by atoms with Crippen LogP contribution in [0.3, 0.4) is 0 Å². The van der Waals surface area contributed by atoms with E-state index in [9.17, 15) is 14.7 Å². The summed E-state index contributed by atoms with van der Waals surface area (Å²) in [6.45, 7) is 4.47. The number of carboxylic acid groups (broad SMARTS) is 1. The lowest BCUT2D eigenvalue weighted by Crippen LogP contribution is -2.48. The Labute approximate surface area is 274 Å². The minimum Gasteiger partial charge on any atom is -0.491 e. The molecule has 248 valence electrons. The number of nitrogens with two attached hydrogens (primary N) is 1. The van der Waals surface area contributed by atoms with Gasteiger partial charge in [-0.3, -0.25) is 4.79 Å². The third-order valence-corrected chi connectivity index (χ3v) is 8.75. The summed E-state index contributed by atoms with van der Waals surface area (Å²) in [5.74, 6) is -1.05. The average molecular weight is 630 g/mol. The molecule has 5 N–H and O–H groups in total. The second-order valence-corrected chi connectivity index (χ2v) is 12.2. The van der Waals surface area contributed by atoms with Gasteiger partial charge < -0.3 is 30.9 Å². The Morgan fingerprint density at radius 2 is 1.50 bits per heavy atom. The van der Waals surface area contributed by atoms with Crippen molar-refractivity contribution in [2.24, 2.45) is 0 Å². The Morgan fingerprint density at radius 3 is 2.15 bits per heavy atom. The highest BCUT2D eigenvalue weighted by molar-refractivity contribution is 6.11. The van der Waals surface area contributed by atoms with Gasteiger partial charge >= 0.3 is 5.97 Å². The fourth-order valence-corrected chi connectivity index (χ4v) is 6.16. The zero-order valence-electron chi connectivity index (χ0n) is 27.3. The number of carboxylic acids is 1. The van der Waals surface area contributed by atoms with Gasteiger partial charge in [-0.25, -0.2) is 4.79 Å². The Balaban J connectivity index is 1.40. The van der Waals surface area contributed by atoms with Crippen LogP contribution in [0.1, 0.15) is 116 Å². The minimum atomic E-state index is -1.16. The van der Waals surface area contributed by atoms with Gasteiger partial charge in [-0.1, -0.05) is 114 Å². The van der Waals surface area contributed by atoms with Crippen molar-refractivity contribution in [3.05, 3.63) is 89.0 Å². The van der Waals surface area contributed by atoms with Gasteiger partial charge in [-0.2, -0.15) is 0 Å². The van der Waals surface area contributed by atoms with Crippen LogP contribution in [0.25, 0.3) is 0 Å². The zero-order chi connectivity index (χ0) is 32.6. The van der Waals surface area contributed by atoms with Crippen molar-refractivity contribution in [3.63, 3.8) is 0 Å². The van der Waals surface area contributed by atoms with E-state index >= 15 is 0 Å². The molecule has 8 heteroatoms. The highest BCUT2D eigenvalue weighted by Crippen LogP contribution is 2.41. The van der Waals surface area contributed by atoms with Crippen molar-refractivity contribution < 1.29 is 24.2 Å². The highest BCUT2D eigenvalue weighted by Gasteiger charge is 2.40. The van der Waals surface area contributed by atoms with Crippen LogP contribution in [0.4, 0.5) is 11.4 Å². The van der Waals surface area contributed by atoms with E-state index in [0.29, 0.717) is 43.4 Å². The van der Waals surface area contributed by atoms with Crippen LogP contribution in [-0.4, -0.2) is 43.3 Å². The molecule has 1 unspecified atom stereocenters. The van der Waals surface area contributed by atoms with Crippen LogP contribution in [0.15, 0.2) is 66.7 Å². The van der Waals surface area contributed by atoms with Gasteiger partial charge in [0.15, 0.2) is 0 Å². The number of nitrogens with one attached hydrogen (secondary N) is 2. The SMILES string of the molecule is CCCCCCCCCCCCCCOc1cc(C2(c3ccccc3NC(=O)c3ccccc3C(=O)O)CNCCO2)ccc1N. The molecule has 0 radical (unpaired) electrons. The predicted molar refractivity (Wildman–Crippen MR) is 185 cm³/mol. The van der Waals surface area contributed by atoms with E-state index in [1.807, 2.05) is 36.4 Å². The maximum absolute atomic E-state index is 13.3. The van der Waals surface area contributed by atoms with E-state index < -0.39 is 17.5 Å².